The molecule has 1 aromatic carbocycles. The van der Waals surface area contributed by atoms with Crippen molar-refractivity contribution < 1.29 is 22.7 Å². The van der Waals surface area contributed by atoms with E-state index in [4.69, 9.17) is 4.74 Å². The van der Waals surface area contributed by atoms with Crippen LogP contribution in [-0.2, 0) is 24.1 Å². The number of carbonyl (C=O) groups is 1. The molecule has 0 radical (unpaired) electrons. The van der Waals surface area contributed by atoms with Gasteiger partial charge in [-0.3, -0.25) is 4.79 Å². The van der Waals surface area contributed by atoms with E-state index in [0.717, 1.165) is 5.69 Å². The molecule has 1 aromatic rings. The lowest BCUT2D eigenvalue weighted by atomic mass is 10.2. The first kappa shape index (κ1) is 17.5. The molecule has 0 saturated carbocycles. The summed E-state index contributed by atoms with van der Waals surface area (Å²) in [6, 6.07) is 6.57. The van der Waals surface area contributed by atoms with E-state index in [0.29, 0.717) is 19.7 Å². The van der Waals surface area contributed by atoms with Crippen LogP contribution >= 0.6 is 0 Å². The highest BCUT2D eigenvalue weighted by Gasteiger charge is 2.11. The third-order valence-electron chi connectivity index (χ3n) is 3.01. The van der Waals surface area contributed by atoms with Gasteiger partial charge in [0, 0.05) is 32.1 Å². The zero-order valence-corrected chi connectivity index (χ0v) is 13.4. The van der Waals surface area contributed by atoms with Crippen LogP contribution in [0.15, 0.2) is 29.2 Å². The van der Waals surface area contributed by atoms with Gasteiger partial charge in [0.05, 0.1) is 25.0 Å². The molecule has 1 rings (SSSR count). The first-order valence-corrected chi connectivity index (χ1v) is 8.38. The molecule has 0 N–H and O–H groups in total. The normalized spacial score (nSPS) is 11.2. The Balaban J connectivity index is 2.84. The van der Waals surface area contributed by atoms with Crippen molar-refractivity contribution in [2.75, 3.05) is 45.1 Å². The zero-order chi connectivity index (χ0) is 15.9. The minimum atomic E-state index is -3.21. The van der Waals surface area contributed by atoms with Crippen molar-refractivity contribution in [3.8, 4) is 0 Å². The van der Waals surface area contributed by atoms with Gasteiger partial charge in [-0.05, 0) is 24.3 Å². The Bertz CT molecular complexity index is 553. The van der Waals surface area contributed by atoms with E-state index < -0.39 is 9.84 Å². The molecule has 7 heteroatoms. The van der Waals surface area contributed by atoms with Gasteiger partial charge in [0.1, 0.15) is 0 Å². The second kappa shape index (κ2) is 7.99. The van der Waals surface area contributed by atoms with E-state index in [1.165, 1.54) is 13.4 Å². The second-order valence-corrected chi connectivity index (χ2v) is 6.59. The van der Waals surface area contributed by atoms with Gasteiger partial charge in [0.2, 0.25) is 0 Å². The Morgan fingerprint density at radius 3 is 2.24 bits per heavy atom. The molecule has 21 heavy (non-hydrogen) atoms. The Morgan fingerprint density at radius 2 is 1.76 bits per heavy atom. The summed E-state index contributed by atoms with van der Waals surface area (Å²) in [5.41, 5.74) is 0.836. The van der Waals surface area contributed by atoms with Gasteiger partial charge in [-0.2, -0.15) is 0 Å². The lowest BCUT2D eigenvalue weighted by Gasteiger charge is -2.24. The monoisotopic (exact) mass is 315 g/mol. The molecule has 0 unspecified atom stereocenters. The number of methoxy groups -OCH3 is 2. The molecule has 0 aliphatic heterocycles. The largest absolute Gasteiger partial charge is 0.469 e. The number of nitrogens with zero attached hydrogens (tertiary/aromatic N) is 1. The molecule has 0 aliphatic rings. The standard InChI is InChI=1S/C14H21NO5S/c1-19-11-10-15(9-8-14(16)20-2)12-4-6-13(7-5-12)21(3,17)18/h4-7H,8-11H2,1-3H3. The van der Waals surface area contributed by atoms with Crippen LogP contribution in [0.5, 0.6) is 0 Å². The number of rotatable bonds is 8. The number of carbonyl (C=O) groups excluding carboxylic acids is 1. The molecule has 0 fully saturated rings. The fourth-order valence-corrected chi connectivity index (χ4v) is 2.43. The smallest absolute Gasteiger partial charge is 0.307 e. The van der Waals surface area contributed by atoms with Crippen LogP contribution in [0, 0.1) is 0 Å². The van der Waals surface area contributed by atoms with Gasteiger partial charge in [0.25, 0.3) is 0 Å². The highest BCUT2D eigenvalue weighted by Crippen LogP contribution is 2.18. The van der Waals surface area contributed by atoms with Gasteiger partial charge in [0.15, 0.2) is 9.84 Å². The molecule has 118 valence electrons. The van der Waals surface area contributed by atoms with Crippen LogP contribution in [-0.4, -0.2) is 54.6 Å². The topological polar surface area (TPSA) is 72.9 Å². The number of hydrogen-bond donors (Lipinski definition) is 0. The number of esters is 1. The first-order chi connectivity index (χ1) is 9.88. The van der Waals surface area contributed by atoms with Crippen LogP contribution in [0.1, 0.15) is 6.42 Å². The number of sulfone groups is 1. The van der Waals surface area contributed by atoms with E-state index in [1.54, 1.807) is 31.4 Å². The lowest BCUT2D eigenvalue weighted by molar-refractivity contribution is -0.140. The maximum atomic E-state index is 11.4. The molecular weight excluding hydrogens is 294 g/mol. The quantitative estimate of drug-likeness (QED) is 0.669. The average molecular weight is 315 g/mol. The lowest BCUT2D eigenvalue weighted by Crippen LogP contribution is -2.29. The minimum Gasteiger partial charge on any atom is -0.469 e. The maximum Gasteiger partial charge on any atom is 0.307 e. The molecule has 0 atom stereocenters. The van der Waals surface area contributed by atoms with Crippen molar-refractivity contribution in [2.24, 2.45) is 0 Å². The fraction of sp³-hybridized carbons (Fsp3) is 0.500. The molecule has 0 aromatic heterocycles. The van der Waals surface area contributed by atoms with Gasteiger partial charge in [-0.1, -0.05) is 0 Å². The summed E-state index contributed by atoms with van der Waals surface area (Å²) in [5.74, 6) is -0.287. The molecule has 0 saturated heterocycles. The van der Waals surface area contributed by atoms with Gasteiger partial charge in [-0.15, -0.1) is 0 Å². The maximum absolute atomic E-state index is 11.4. The Morgan fingerprint density at radius 1 is 1.14 bits per heavy atom. The molecule has 0 aliphatic carbocycles. The SMILES string of the molecule is COCCN(CCC(=O)OC)c1ccc(S(C)(=O)=O)cc1. The van der Waals surface area contributed by atoms with E-state index in [9.17, 15) is 13.2 Å². The van der Waals surface area contributed by atoms with Crippen molar-refractivity contribution in [3.05, 3.63) is 24.3 Å². The molecule has 0 heterocycles. The number of anilines is 1. The summed E-state index contributed by atoms with van der Waals surface area (Å²) in [4.78, 5) is 13.5. The van der Waals surface area contributed by atoms with Crippen molar-refractivity contribution in [1.82, 2.24) is 0 Å². The number of hydrogen-bond acceptors (Lipinski definition) is 6. The fourth-order valence-electron chi connectivity index (χ4n) is 1.80. The van der Waals surface area contributed by atoms with Crippen molar-refractivity contribution in [3.63, 3.8) is 0 Å². The van der Waals surface area contributed by atoms with Crippen LogP contribution in [0.4, 0.5) is 5.69 Å². The Hall–Kier alpha value is -1.60. The van der Waals surface area contributed by atoms with Gasteiger partial charge >= 0.3 is 5.97 Å². The van der Waals surface area contributed by atoms with Crippen LogP contribution < -0.4 is 4.90 Å². The first-order valence-electron chi connectivity index (χ1n) is 6.49. The van der Waals surface area contributed by atoms with Crippen molar-refractivity contribution in [2.45, 2.75) is 11.3 Å². The van der Waals surface area contributed by atoms with Gasteiger partial charge < -0.3 is 14.4 Å². The summed E-state index contributed by atoms with van der Waals surface area (Å²) in [6.07, 6.45) is 1.43. The highest BCUT2D eigenvalue weighted by atomic mass is 32.2. The summed E-state index contributed by atoms with van der Waals surface area (Å²) in [7, 11) is -0.257. The van der Waals surface area contributed by atoms with Crippen LogP contribution in [0.25, 0.3) is 0 Å². The molecular formula is C14H21NO5S. The van der Waals surface area contributed by atoms with Gasteiger partial charge in [-0.25, -0.2) is 8.42 Å². The van der Waals surface area contributed by atoms with E-state index in [1.807, 2.05) is 4.90 Å². The molecule has 0 amide bonds. The molecule has 6 nitrogen and oxygen atoms in total. The van der Waals surface area contributed by atoms with E-state index >= 15 is 0 Å². The molecule has 0 spiro atoms. The Labute approximate surface area is 125 Å². The minimum absolute atomic E-state index is 0.258. The second-order valence-electron chi connectivity index (χ2n) is 4.57. The number of benzene rings is 1. The third-order valence-corrected chi connectivity index (χ3v) is 4.14. The summed E-state index contributed by atoms with van der Waals surface area (Å²) < 4.78 is 32.6. The van der Waals surface area contributed by atoms with E-state index in [2.05, 4.69) is 4.74 Å². The van der Waals surface area contributed by atoms with Crippen LogP contribution in [0.2, 0.25) is 0 Å². The summed E-state index contributed by atoms with van der Waals surface area (Å²) in [6.45, 7) is 1.59. The highest BCUT2D eigenvalue weighted by molar-refractivity contribution is 7.90. The van der Waals surface area contributed by atoms with Crippen molar-refractivity contribution >= 4 is 21.5 Å². The predicted molar refractivity (Wildman–Crippen MR) is 80.3 cm³/mol. The predicted octanol–water partition coefficient (Wildman–Crippen LogP) is 1.11. The molecule has 0 bridgehead atoms. The van der Waals surface area contributed by atoms with Crippen molar-refractivity contribution in [1.29, 1.82) is 0 Å². The average Bonchev–Trinajstić information content (AvgIpc) is 2.46. The Kier molecular flexibility index (Phi) is 6.64. The van der Waals surface area contributed by atoms with Crippen LogP contribution in [0.3, 0.4) is 0 Å². The number of ether oxygens (including phenoxy) is 2. The van der Waals surface area contributed by atoms with E-state index in [-0.39, 0.29) is 17.3 Å². The third kappa shape index (κ3) is 5.73. The summed E-state index contributed by atoms with van der Waals surface area (Å²) >= 11 is 0. The zero-order valence-electron chi connectivity index (χ0n) is 12.5. The summed E-state index contributed by atoms with van der Waals surface area (Å²) in [5, 5.41) is 0.